The quantitative estimate of drug-likeness (QED) is 0.891. The van der Waals surface area contributed by atoms with Gasteiger partial charge in [-0.25, -0.2) is 0 Å². The van der Waals surface area contributed by atoms with Crippen LogP contribution in [-0.2, 0) is 5.54 Å². The van der Waals surface area contributed by atoms with Crippen molar-refractivity contribution in [2.24, 2.45) is 17.1 Å². The van der Waals surface area contributed by atoms with E-state index in [1.165, 1.54) is 37.7 Å². The van der Waals surface area contributed by atoms with Gasteiger partial charge in [-0.2, -0.15) is 0 Å². The summed E-state index contributed by atoms with van der Waals surface area (Å²) in [7, 11) is 0. The zero-order valence-corrected chi connectivity index (χ0v) is 12.1. The first kappa shape index (κ1) is 13.0. The van der Waals surface area contributed by atoms with Gasteiger partial charge in [0.1, 0.15) is 5.75 Å². The molecule has 0 amide bonds. The minimum absolute atomic E-state index is 0.0724. The van der Waals surface area contributed by atoms with Crippen molar-refractivity contribution in [3.63, 3.8) is 0 Å². The maximum absolute atomic E-state index is 6.54. The number of hydrogen-bond donors (Lipinski definition) is 1. The van der Waals surface area contributed by atoms with E-state index in [2.05, 4.69) is 38.1 Å². The summed E-state index contributed by atoms with van der Waals surface area (Å²) >= 11 is 0. The smallest absolute Gasteiger partial charge is 0.119 e. The van der Waals surface area contributed by atoms with Gasteiger partial charge in [-0.3, -0.25) is 0 Å². The van der Waals surface area contributed by atoms with Gasteiger partial charge in [0, 0.05) is 5.54 Å². The predicted molar refractivity (Wildman–Crippen MR) is 78.2 cm³/mol. The molecule has 2 heteroatoms. The van der Waals surface area contributed by atoms with E-state index < -0.39 is 0 Å². The largest absolute Gasteiger partial charge is 0.493 e. The van der Waals surface area contributed by atoms with Crippen molar-refractivity contribution >= 4 is 0 Å². The Balaban J connectivity index is 1.63. The van der Waals surface area contributed by atoms with Crippen LogP contribution in [0.25, 0.3) is 0 Å². The zero-order chi connectivity index (χ0) is 13.5. The van der Waals surface area contributed by atoms with E-state index in [9.17, 15) is 0 Å². The summed E-state index contributed by atoms with van der Waals surface area (Å²) in [5.41, 5.74) is 8.36. The molecule has 0 atom stereocenters. The Bertz CT molecular complexity index is 437. The molecule has 0 aromatic heterocycles. The Hall–Kier alpha value is -1.02. The van der Waals surface area contributed by atoms with Gasteiger partial charge >= 0.3 is 0 Å². The number of ether oxygens (including phenoxy) is 1. The third kappa shape index (κ3) is 2.38. The van der Waals surface area contributed by atoms with Gasteiger partial charge in [-0.1, -0.05) is 32.4 Å². The molecule has 2 saturated carbocycles. The third-order valence-electron chi connectivity index (χ3n) is 4.81. The monoisotopic (exact) mass is 259 g/mol. The highest BCUT2D eigenvalue weighted by Crippen LogP contribution is 2.62. The molecule has 0 aliphatic heterocycles. The molecule has 0 unspecified atom stereocenters. The van der Waals surface area contributed by atoms with Gasteiger partial charge < -0.3 is 10.5 Å². The van der Waals surface area contributed by atoms with Crippen molar-refractivity contribution in [3.8, 4) is 5.75 Å². The lowest BCUT2D eigenvalue weighted by atomic mass is 9.47. The summed E-state index contributed by atoms with van der Waals surface area (Å²) in [6.45, 7) is 5.10. The lowest BCUT2D eigenvalue weighted by Gasteiger charge is -2.60. The lowest BCUT2D eigenvalue weighted by molar-refractivity contribution is -0.0462. The number of rotatable bonds is 4. The van der Waals surface area contributed by atoms with Crippen LogP contribution in [0, 0.1) is 11.3 Å². The van der Waals surface area contributed by atoms with Gasteiger partial charge in [0.2, 0.25) is 0 Å². The molecule has 2 N–H and O–H groups in total. The first-order chi connectivity index (χ1) is 9.01. The fourth-order valence-electron chi connectivity index (χ4n) is 3.67. The molecule has 104 valence electrons. The highest BCUT2D eigenvalue weighted by Gasteiger charge is 2.55. The Labute approximate surface area is 116 Å². The van der Waals surface area contributed by atoms with Crippen LogP contribution in [0.3, 0.4) is 0 Å². The Morgan fingerprint density at radius 3 is 2.26 bits per heavy atom. The van der Waals surface area contributed by atoms with E-state index in [0.29, 0.717) is 11.3 Å². The second kappa shape index (κ2) is 4.52. The molecule has 2 nitrogen and oxygen atoms in total. The minimum atomic E-state index is -0.0724. The van der Waals surface area contributed by atoms with Crippen molar-refractivity contribution in [3.05, 3.63) is 29.8 Å². The van der Waals surface area contributed by atoms with Crippen LogP contribution < -0.4 is 10.5 Å². The van der Waals surface area contributed by atoms with E-state index in [0.717, 1.165) is 12.4 Å². The molecule has 0 radical (unpaired) electrons. The number of hydrogen-bond acceptors (Lipinski definition) is 2. The van der Waals surface area contributed by atoms with Crippen molar-refractivity contribution < 1.29 is 4.74 Å². The van der Waals surface area contributed by atoms with E-state index in [-0.39, 0.29) is 5.54 Å². The lowest BCUT2D eigenvalue weighted by Crippen LogP contribution is -2.58. The van der Waals surface area contributed by atoms with Crippen LogP contribution in [0.2, 0.25) is 0 Å². The molecule has 0 bridgehead atoms. The molecular weight excluding hydrogens is 234 g/mol. The maximum atomic E-state index is 6.54. The van der Waals surface area contributed by atoms with Gasteiger partial charge in [-0.05, 0) is 54.7 Å². The summed E-state index contributed by atoms with van der Waals surface area (Å²) in [6.07, 6.45) is 6.53. The van der Waals surface area contributed by atoms with Gasteiger partial charge in [0.05, 0.1) is 6.61 Å². The van der Waals surface area contributed by atoms with Crippen LogP contribution in [-0.4, -0.2) is 6.61 Å². The van der Waals surface area contributed by atoms with Gasteiger partial charge in [-0.15, -0.1) is 0 Å². The molecule has 0 saturated heterocycles. The van der Waals surface area contributed by atoms with Crippen molar-refractivity contribution in [2.75, 3.05) is 6.61 Å². The number of nitrogens with two attached hydrogens (primary N) is 1. The van der Waals surface area contributed by atoms with Crippen LogP contribution in [0.4, 0.5) is 0 Å². The van der Waals surface area contributed by atoms with E-state index in [1.54, 1.807) is 0 Å². The van der Waals surface area contributed by atoms with Crippen LogP contribution in [0.5, 0.6) is 5.75 Å². The molecule has 2 aliphatic carbocycles. The molecule has 1 aromatic rings. The van der Waals surface area contributed by atoms with Crippen LogP contribution in [0.1, 0.15) is 51.5 Å². The fraction of sp³-hybridized carbons (Fsp3) is 0.647. The summed E-state index contributed by atoms with van der Waals surface area (Å²) < 4.78 is 5.72. The average molecular weight is 259 g/mol. The Morgan fingerprint density at radius 2 is 1.79 bits per heavy atom. The van der Waals surface area contributed by atoms with Gasteiger partial charge in [0.15, 0.2) is 0 Å². The van der Waals surface area contributed by atoms with E-state index >= 15 is 0 Å². The summed E-state index contributed by atoms with van der Waals surface area (Å²) in [5.74, 6) is 1.52. The minimum Gasteiger partial charge on any atom is -0.493 e. The van der Waals surface area contributed by atoms with Crippen LogP contribution >= 0.6 is 0 Å². The summed E-state index contributed by atoms with van der Waals surface area (Å²) in [4.78, 5) is 0. The maximum Gasteiger partial charge on any atom is 0.119 e. The predicted octanol–water partition coefficient (Wildman–Crippen LogP) is 3.84. The van der Waals surface area contributed by atoms with E-state index in [4.69, 9.17) is 10.5 Å². The molecule has 0 heterocycles. The zero-order valence-electron chi connectivity index (χ0n) is 12.1. The molecule has 19 heavy (non-hydrogen) atoms. The van der Waals surface area contributed by atoms with Crippen molar-refractivity contribution in [1.82, 2.24) is 0 Å². The standard InChI is InChI=1S/C17H25NO/c1-13(2)10-19-15-6-4-14(5-7-15)17(18)11-16(12-17)8-3-9-16/h4-7,13H,3,8-12,18H2,1-2H3. The van der Waals surface area contributed by atoms with Gasteiger partial charge in [0.25, 0.3) is 0 Å². The molecule has 1 aromatic carbocycles. The average Bonchev–Trinajstić information content (AvgIpc) is 2.31. The third-order valence-corrected chi connectivity index (χ3v) is 4.81. The molecule has 3 rings (SSSR count). The first-order valence-corrected chi connectivity index (χ1v) is 7.54. The second-order valence-electron chi connectivity index (χ2n) is 7.09. The highest BCUT2D eigenvalue weighted by molar-refractivity contribution is 5.35. The molecule has 2 fully saturated rings. The Morgan fingerprint density at radius 1 is 1.16 bits per heavy atom. The normalized spacial score (nSPS) is 22.9. The molecule has 2 aliphatic rings. The summed E-state index contributed by atoms with van der Waals surface area (Å²) in [6, 6.07) is 8.44. The van der Waals surface area contributed by atoms with Crippen molar-refractivity contribution in [2.45, 2.75) is 51.5 Å². The van der Waals surface area contributed by atoms with Crippen LogP contribution in [0.15, 0.2) is 24.3 Å². The SMILES string of the molecule is CC(C)COc1ccc(C2(N)CC3(CCC3)C2)cc1. The highest BCUT2D eigenvalue weighted by atomic mass is 16.5. The molecular formula is C17H25NO. The second-order valence-corrected chi connectivity index (χ2v) is 7.09. The van der Waals surface area contributed by atoms with E-state index in [1.807, 2.05) is 0 Å². The fourth-order valence-corrected chi connectivity index (χ4v) is 3.67. The molecule has 1 spiro atoms. The van der Waals surface area contributed by atoms with Crippen molar-refractivity contribution in [1.29, 1.82) is 0 Å². The number of benzene rings is 1. The Kier molecular flexibility index (Phi) is 3.09. The topological polar surface area (TPSA) is 35.2 Å². The summed E-state index contributed by atoms with van der Waals surface area (Å²) in [5, 5.41) is 0. The first-order valence-electron chi connectivity index (χ1n) is 7.54.